The molecule has 1 heterocycles. The molecule has 0 bridgehead atoms. The van der Waals surface area contributed by atoms with Crippen molar-refractivity contribution in [2.24, 2.45) is 5.73 Å². The van der Waals surface area contributed by atoms with Crippen molar-refractivity contribution in [3.63, 3.8) is 0 Å². The molecule has 0 radical (unpaired) electrons. The van der Waals surface area contributed by atoms with Crippen LogP contribution in [0.25, 0.3) is 0 Å². The molecular formula is C12H22N2OS. The van der Waals surface area contributed by atoms with Crippen LogP contribution in [0.3, 0.4) is 0 Å². The summed E-state index contributed by atoms with van der Waals surface area (Å²) in [5.41, 5.74) is 5.87. The van der Waals surface area contributed by atoms with E-state index in [0.717, 1.165) is 0 Å². The van der Waals surface area contributed by atoms with E-state index in [2.05, 4.69) is 37.8 Å². The minimum Gasteiger partial charge on any atom is -0.395 e. The lowest BCUT2D eigenvalue weighted by Gasteiger charge is -2.33. The van der Waals surface area contributed by atoms with Crippen LogP contribution >= 0.6 is 11.3 Å². The van der Waals surface area contributed by atoms with Gasteiger partial charge in [0.2, 0.25) is 0 Å². The molecule has 4 heteroatoms. The van der Waals surface area contributed by atoms with Gasteiger partial charge in [-0.15, -0.1) is 11.3 Å². The second-order valence-electron chi connectivity index (χ2n) is 4.26. The number of nitrogens with two attached hydrogens (primary N) is 1. The van der Waals surface area contributed by atoms with E-state index >= 15 is 0 Å². The van der Waals surface area contributed by atoms with Gasteiger partial charge in [0.25, 0.3) is 0 Å². The Balaban J connectivity index is 2.85. The van der Waals surface area contributed by atoms with Crippen LogP contribution in [0.4, 0.5) is 0 Å². The molecule has 0 aliphatic carbocycles. The van der Waals surface area contributed by atoms with Crippen molar-refractivity contribution in [2.75, 3.05) is 19.7 Å². The standard InChI is InChI=1S/C12H22N2OS/c1-9(2)14(6-7-15)11(8-13)12-5-4-10(3)16-12/h4-5,9,11,15H,6-8,13H2,1-3H3. The molecule has 1 unspecified atom stereocenters. The molecule has 1 rings (SSSR count). The van der Waals surface area contributed by atoms with Gasteiger partial charge in [0.1, 0.15) is 0 Å². The van der Waals surface area contributed by atoms with Gasteiger partial charge >= 0.3 is 0 Å². The van der Waals surface area contributed by atoms with Gasteiger partial charge in [-0.3, -0.25) is 4.90 Å². The van der Waals surface area contributed by atoms with Crippen LogP contribution in [0.1, 0.15) is 29.6 Å². The monoisotopic (exact) mass is 242 g/mol. The zero-order valence-electron chi connectivity index (χ0n) is 10.3. The van der Waals surface area contributed by atoms with Crippen LogP contribution in [0.5, 0.6) is 0 Å². The van der Waals surface area contributed by atoms with Gasteiger partial charge in [-0.05, 0) is 32.9 Å². The van der Waals surface area contributed by atoms with Gasteiger partial charge < -0.3 is 10.8 Å². The predicted octanol–water partition coefficient (Wildman–Crippen LogP) is 1.76. The van der Waals surface area contributed by atoms with Gasteiger partial charge in [0.15, 0.2) is 0 Å². The molecule has 0 spiro atoms. The van der Waals surface area contributed by atoms with Crippen LogP contribution in [0.15, 0.2) is 12.1 Å². The van der Waals surface area contributed by atoms with E-state index in [1.807, 2.05) is 0 Å². The summed E-state index contributed by atoms with van der Waals surface area (Å²) in [6, 6.07) is 4.89. The average Bonchev–Trinajstić information content (AvgIpc) is 2.64. The second-order valence-corrected chi connectivity index (χ2v) is 5.57. The topological polar surface area (TPSA) is 49.5 Å². The maximum absolute atomic E-state index is 9.10. The maximum atomic E-state index is 9.10. The molecule has 1 aromatic rings. The molecule has 0 aliphatic rings. The highest BCUT2D eigenvalue weighted by Crippen LogP contribution is 2.27. The molecule has 0 saturated heterocycles. The van der Waals surface area contributed by atoms with E-state index in [0.29, 0.717) is 19.1 Å². The van der Waals surface area contributed by atoms with Crippen molar-refractivity contribution < 1.29 is 5.11 Å². The molecule has 0 aliphatic heterocycles. The summed E-state index contributed by atoms with van der Waals surface area (Å²) in [6.07, 6.45) is 0. The lowest BCUT2D eigenvalue weighted by Crippen LogP contribution is -2.40. The van der Waals surface area contributed by atoms with Crippen molar-refractivity contribution in [1.29, 1.82) is 0 Å². The van der Waals surface area contributed by atoms with Gasteiger partial charge in [0.05, 0.1) is 12.6 Å². The zero-order valence-corrected chi connectivity index (χ0v) is 11.1. The Hall–Kier alpha value is -0.420. The lowest BCUT2D eigenvalue weighted by atomic mass is 10.1. The summed E-state index contributed by atoms with van der Waals surface area (Å²) in [5.74, 6) is 0. The number of nitrogens with zero attached hydrogens (tertiary/aromatic N) is 1. The summed E-state index contributed by atoms with van der Waals surface area (Å²) in [4.78, 5) is 4.86. The first kappa shape index (κ1) is 13.6. The quantitative estimate of drug-likeness (QED) is 0.799. The third-order valence-corrected chi connectivity index (χ3v) is 3.84. The molecule has 3 nitrogen and oxygen atoms in total. The Morgan fingerprint density at radius 2 is 2.12 bits per heavy atom. The van der Waals surface area contributed by atoms with E-state index in [9.17, 15) is 0 Å². The highest BCUT2D eigenvalue weighted by molar-refractivity contribution is 7.12. The number of aryl methyl sites for hydroxylation is 1. The third kappa shape index (κ3) is 3.28. The van der Waals surface area contributed by atoms with E-state index in [-0.39, 0.29) is 12.6 Å². The van der Waals surface area contributed by atoms with Crippen LogP contribution in [-0.4, -0.2) is 35.7 Å². The molecular weight excluding hydrogens is 220 g/mol. The Morgan fingerprint density at radius 1 is 1.44 bits per heavy atom. The lowest BCUT2D eigenvalue weighted by molar-refractivity contribution is 0.122. The Labute approximate surface area is 102 Å². The molecule has 0 fully saturated rings. The normalized spacial score (nSPS) is 13.7. The van der Waals surface area contributed by atoms with E-state index in [1.165, 1.54) is 9.75 Å². The maximum Gasteiger partial charge on any atom is 0.0567 e. The van der Waals surface area contributed by atoms with E-state index < -0.39 is 0 Å². The molecule has 1 aromatic heterocycles. The number of aliphatic hydroxyl groups is 1. The summed E-state index contributed by atoms with van der Waals surface area (Å²) >= 11 is 1.79. The smallest absolute Gasteiger partial charge is 0.0567 e. The van der Waals surface area contributed by atoms with Crippen LogP contribution < -0.4 is 5.73 Å². The predicted molar refractivity (Wildman–Crippen MR) is 69.8 cm³/mol. The number of rotatable bonds is 6. The summed E-state index contributed by atoms with van der Waals surface area (Å²) in [5, 5.41) is 9.10. The van der Waals surface area contributed by atoms with Gasteiger partial charge in [-0.1, -0.05) is 0 Å². The molecule has 1 atom stereocenters. The molecule has 3 N–H and O–H groups in total. The highest BCUT2D eigenvalue weighted by atomic mass is 32.1. The van der Waals surface area contributed by atoms with Gasteiger partial charge in [-0.2, -0.15) is 0 Å². The molecule has 16 heavy (non-hydrogen) atoms. The fourth-order valence-electron chi connectivity index (χ4n) is 1.94. The van der Waals surface area contributed by atoms with Crippen molar-refractivity contribution in [1.82, 2.24) is 4.90 Å². The Bertz CT molecular complexity index is 312. The fourth-order valence-corrected chi connectivity index (χ4v) is 2.95. The van der Waals surface area contributed by atoms with E-state index in [4.69, 9.17) is 10.8 Å². The van der Waals surface area contributed by atoms with Crippen LogP contribution in [-0.2, 0) is 0 Å². The highest BCUT2D eigenvalue weighted by Gasteiger charge is 2.22. The summed E-state index contributed by atoms with van der Waals surface area (Å²) < 4.78 is 0. The molecule has 0 saturated carbocycles. The van der Waals surface area contributed by atoms with Gasteiger partial charge in [0, 0.05) is 28.9 Å². The first-order chi connectivity index (χ1) is 7.60. The first-order valence-electron chi connectivity index (χ1n) is 5.73. The van der Waals surface area contributed by atoms with Crippen molar-refractivity contribution >= 4 is 11.3 Å². The number of hydrogen-bond acceptors (Lipinski definition) is 4. The SMILES string of the molecule is Cc1ccc(C(CN)N(CCO)C(C)C)s1. The average molecular weight is 242 g/mol. The minimum atomic E-state index is 0.180. The molecule has 92 valence electrons. The van der Waals surface area contributed by atoms with Crippen molar-refractivity contribution in [3.8, 4) is 0 Å². The van der Waals surface area contributed by atoms with Crippen molar-refractivity contribution in [3.05, 3.63) is 21.9 Å². The van der Waals surface area contributed by atoms with Gasteiger partial charge in [-0.25, -0.2) is 0 Å². The fraction of sp³-hybridized carbons (Fsp3) is 0.667. The molecule has 0 aromatic carbocycles. The summed E-state index contributed by atoms with van der Waals surface area (Å²) in [7, 11) is 0. The Kier molecular flexibility index (Phi) is 5.41. The van der Waals surface area contributed by atoms with Crippen LogP contribution in [0, 0.1) is 6.92 Å². The number of hydrogen-bond donors (Lipinski definition) is 2. The van der Waals surface area contributed by atoms with E-state index in [1.54, 1.807) is 11.3 Å². The third-order valence-electron chi connectivity index (χ3n) is 2.73. The minimum absolute atomic E-state index is 0.180. The largest absolute Gasteiger partial charge is 0.395 e. The molecule has 0 amide bonds. The number of aliphatic hydroxyl groups excluding tert-OH is 1. The zero-order chi connectivity index (χ0) is 12.1. The Morgan fingerprint density at radius 3 is 2.50 bits per heavy atom. The summed E-state index contributed by atoms with van der Waals surface area (Å²) in [6.45, 7) is 7.83. The number of thiophene rings is 1. The van der Waals surface area contributed by atoms with Crippen LogP contribution in [0.2, 0.25) is 0 Å². The first-order valence-corrected chi connectivity index (χ1v) is 6.54. The van der Waals surface area contributed by atoms with Crippen molar-refractivity contribution in [2.45, 2.75) is 32.9 Å². The second kappa shape index (κ2) is 6.35.